The molecule has 0 saturated carbocycles. The van der Waals surface area contributed by atoms with Crippen molar-refractivity contribution in [3.05, 3.63) is 71.8 Å². The molecule has 1 unspecified atom stereocenters. The van der Waals surface area contributed by atoms with Gasteiger partial charge in [-0.05, 0) is 38.5 Å². The molecule has 0 spiro atoms. The zero-order valence-corrected chi connectivity index (χ0v) is 18.6. The lowest BCUT2D eigenvalue weighted by molar-refractivity contribution is 0.433. The molecule has 0 aliphatic carbocycles. The van der Waals surface area contributed by atoms with Crippen molar-refractivity contribution in [2.75, 3.05) is 6.67 Å². The first-order valence-electron chi connectivity index (χ1n) is 10.4. The summed E-state index contributed by atoms with van der Waals surface area (Å²) < 4.78 is 18.4. The lowest BCUT2D eigenvalue weighted by Crippen LogP contribution is -2.15. The number of hydrogen-bond donors (Lipinski definition) is 1. The zero-order chi connectivity index (χ0) is 23.6. The second-order valence-electron chi connectivity index (χ2n) is 8.32. The van der Waals surface area contributed by atoms with Gasteiger partial charge in [0.15, 0.2) is 5.76 Å². The van der Waals surface area contributed by atoms with Gasteiger partial charge in [-0.1, -0.05) is 29.4 Å². The van der Waals surface area contributed by atoms with Gasteiger partial charge in [0.25, 0.3) is 0 Å². The molecule has 4 rings (SSSR count). The summed E-state index contributed by atoms with van der Waals surface area (Å²) >= 11 is 0. The topological polar surface area (TPSA) is 115 Å². The summed E-state index contributed by atoms with van der Waals surface area (Å²) in [5, 5.41) is 13.6. The van der Waals surface area contributed by atoms with Crippen molar-refractivity contribution in [1.29, 1.82) is 5.26 Å². The van der Waals surface area contributed by atoms with Crippen LogP contribution >= 0.6 is 0 Å². The van der Waals surface area contributed by atoms with E-state index in [1.807, 2.05) is 45.0 Å². The van der Waals surface area contributed by atoms with Crippen LogP contribution in [-0.4, -0.2) is 26.8 Å². The van der Waals surface area contributed by atoms with Crippen LogP contribution < -0.4 is 5.73 Å². The van der Waals surface area contributed by atoms with Gasteiger partial charge < -0.3 is 10.3 Å². The Morgan fingerprint density at radius 2 is 1.88 bits per heavy atom. The van der Waals surface area contributed by atoms with Gasteiger partial charge in [-0.15, -0.1) is 0 Å². The molecule has 1 aromatic carbocycles. The maximum absolute atomic E-state index is 12.8. The zero-order valence-electron chi connectivity index (χ0n) is 18.6. The molecule has 3 aromatic heterocycles. The number of benzene rings is 1. The Morgan fingerprint density at radius 1 is 1.12 bits per heavy atom. The van der Waals surface area contributed by atoms with E-state index in [0.717, 1.165) is 16.7 Å². The van der Waals surface area contributed by atoms with Crippen LogP contribution in [0.2, 0.25) is 0 Å². The largest absolute Gasteiger partial charge is 0.354 e. The highest BCUT2D eigenvalue weighted by molar-refractivity contribution is 5.68. The van der Waals surface area contributed by atoms with Crippen molar-refractivity contribution >= 4 is 0 Å². The van der Waals surface area contributed by atoms with Gasteiger partial charge in [0.2, 0.25) is 0 Å². The van der Waals surface area contributed by atoms with Crippen LogP contribution in [-0.2, 0) is 5.41 Å². The number of rotatable bonds is 6. The number of hydrogen-bond acceptors (Lipinski definition) is 7. The number of aryl methyl sites for hydroxylation is 1. The third-order valence-electron chi connectivity index (χ3n) is 5.48. The first-order chi connectivity index (χ1) is 15.8. The van der Waals surface area contributed by atoms with Crippen LogP contribution in [0.1, 0.15) is 41.1 Å². The van der Waals surface area contributed by atoms with Crippen molar-refractivity contribution < 1.29 is 13.2 Å². The second-order valence-corrected chi connectivity index (χ2v) is 8.32. The van der Waals surface area contributed by atoms with Gasteiger partial charge in [0.05, 0.1) is 40.8 Å². The fraction of sp³-hybridized carbons (Fsp3) is 0.240. The Labute approximate surface area is 195 Å². The van der Waals surface area contributed by atoms with Crippen molar-refractivity contribution in [2.45, 2.75) is 32.2 Å². The third-order valence-corrected chi connectivity index (χ3v) is 5.48. The summed E-state index contributed by atoms with van der Waals surface area (Å²) in [5.74, 6) is 0.480. The summed E-state index contributed by atoms with van der Waals surface area (Å²) in [5.41, 5.74) is 10.5. The van der Waals surface area contributed by atoms with Crippen LogP contribution in [0.4, 0.5) is 4.39 Å². The van der Waals surface area contributed by atoms with Crippen LogP contribution in [0.3, 0.4) is 0 Å². The summed E-state index contributed by atoms with van der Waals surface area (Å²) in [6, 6.07) is 14.3. The van der Waals surface area contributed by atoms with Gasteiger partial charge in [0.1, 0.15) is 18.1 Å². The van der Waals surface area contributed by atoms with Crippen molar-refractivity contribution in [2.24, 2.45) is 5.73 Å². The molecule has 2 N–H and O–H groups in total. The van der Waals surface area contributed by atoms with Crippen LogP contribution in [0, 0.1) is 18.3 Å². The molecule has 33 heavy (non-hydrogen) atoms. The highest BCUT2D eigenvalue weighted by Crippen LogP contribution is 2.30. The highest BCUT2D eigenvalue weighted by Gasteiger charge is 2.22. The average molecular weight is 449 g/mol. The molecule has 7 nitrogen and oxygen atoms in total. The first-order valence-corrected chi connectivity index (χ1v) is 10.4. The Morgan fingerprint density at radius 3 is 2.58 bits per heavy atom. The fourth-order valence-corrected chi connectivity index (χ4v) is 3.32. The third kappa shape index (κ3) is 4.49. The number of halogens is 1. The smallest absolute Gasteiger partial charge is 0.187 e. The lowest BCUT2D eigenvalue weighted by Gasteiger charge is -2.15. The number of nitriles is 1. The minimum Gasteiger partial charge on any atom is -0.354 e. The fourth-order valence-electron chi connectivity index (χ4n) is 3.32. The molecule has 0 amide bonds. The summed E-state index contributed by atoms with van der Waals surface area (Å²) in [4.78, 5) is 13.6. The van der Waals surface area contributed by atoms with E-state index in [0.29, 0.717) is 34.2 Å². The molecule has 172 valence electrons. The molecule has 0 saturated heterocycles. The van der Waals surface area contributed by atoms with Gasteiger partial charge in [0, 0.05) is 27.7 Å². The van der Waals surface area contributed by atoms with E-state index in [4.69, 9.17) is 15.2 Å². The van der Waals surface area contributed by atoms with Gasteiger partial charge in [-0.25, -0.2) is 9.37 Å². The van der Waals surface area contributed by atoms with Gasteiger partial charge in [-0.3, -0.25) is 9.97 Å². The Hall–Kier alpha value is -3.96. The predicted molar refractivity (Wildman–Crippen MR) is 129 cm³/mol. The summed E-state index contributed by atoms with van der Waals surface area (Å²) in [7, 11) is 0. The normalized spacial score (nSPS) is 12.4. The monoisotopic (exact) mass is 448 g/mol. The molecule has 3 heterocycles. The minimum atomic E-state index is -0.722. The number of nitrogens with two attached hydrogens (primary N) is 1. The number of aromatic nitrogens is 4. The van der Waals surface area contributed by atoms with Crippen LogP contribution in [0.15, 0.2) is 59.4 Å². The minimum absolute atomic E-state index is 0. The summed E-state index contributed by atoms with van der Waals surface area (Å²) in [6.45, 7) is 4.87. The SMILES string of the molecule is Cc1ncc(-c2ccnc(C(C)(C)C#N)c2)nc1-c1cc(-c2ccc(C(N)CF)cc2)no1.[HH].[HH].[HH]. The Kier molecular flexibility index (Phi) is 5.99. The van der Waals surface area contributed by atoms with E-state index < -0.39 is 18.1 Å². The maximum atomic E-state index is 12.8. The van der Waals surface area contributed by atoms with Crippen molar-refractivity contribution in [1.82, 2.24) is 20.1 Å². The van der Waals surface area contributed by atoms with Crippen LogP contribution in [0.25, 0.3) is 34.0 Å². The molecular weight excluding hydrogens is 419 g/mol. The molecule has 0 aliphatic rings. The van der Waals surface area contributed by atoms with E-state index in [-0.39, 0.29) is 4.28 Å². The van der Waals surface area contributed by atoms with E-state index in [9.17, 15) is 9.65 Å². The number of nitrogens with zero attached hydrogens (tertiary/aromatic N) is 5. The van der Waals surface area contributed by atoms with Crippen molar-refractivity contribution in [3.8, 4) is 40.0 Å². The Bertz CT molecular complexity index is 1340. The van der Waals surface area contributed by atoms with Gasteiger partial charge in [-0.2, -0.15) is 5.26 Å². The van der Waals surface area contributed by atoms with Crippen molar-refractivity contribution in [3.63, 3.8) is 0 Å². The quantitative estimate of drug-likeness (QED) is 0.403. The average Bonchev–Trinajstić information content (AvgIpc) is 3.34. The second kappa shape index (κ2) is 8.88. The van der Waals surface area contributed by atoms with E-state index in [1.54, 1.807) is 30.6 Å². The molecule has 8 heteroatoms. The molecule has 4 aromatic rings. The number of pyridine rings is 1. The van der Waals surface area contributed by atoms with E-state index >= 15 is 0 Å². The summed E-state index contributed by atoms with van der Waals surface area (Å²) in [6.07, 6.45) is 3.34. The highest BCUT2D eigenvalue weighted by atomic mass is 19.1. The molecule has 0 radical (unpaired) electrons. The van der Waals surface area contributed by atoms with Crippen LogP contribution in [0.5, 0.6) is 0 Å². The molecule has 0 fully saturated rings. The Balaban J connectivity index is 0.00000216. The molecule has 0 bridgehead atoms. The predicted octanol–water partition coefficient (Wildman–Crippen LogP) is 5.68. The standard InChI is InChI=1S/C25H23FN6O.3H2/c1-15-24(22-11-20(32-33-22)17-6-4-16(5-7-17)19(28)12-26)31-21(13-30-15)18-8-9-29-23(10-18)25(2,3)14-27;;;/h4-11,13,19H,12,28H2,1-3H3;3*1H. The molecule has 1 atom stereocenters. The molecule has 0 aliphatic heterocycles. The lowest BCUT2D eigenvalue weighted by atomic mass is 9.90. The maximum Gasteiger partial charge on any atom is 0.187 e. The molecular formula is C25H29FN6O. The first kappa shape index (κ1) is 22.2. The van der Waals surface area contributed by atoms with Gasteiger partial charge >= 0.3 is 0 Å². The number of alkyl halides is 1. The van der Waals surface area contributed by atoms with E-state index in [2.05, 4.69) is 21.2 Å². The van der Waals surface area contributed by atoms with E-state index in [1.165, 1.54) is 0 Å².